The van der Waals surface area contributed by atoms with E-state index in [-0.39, 0.29) is 5.69 Å². The summed E-state index contributed by atoms with van der Waals surface area (Å²) < 4.78 is 40.2. The molecule has 0 saturated carbocycles. The number of methoxy groups -OCH3 is 2. The minimum Gasteiger partial charge on any atom is -0.497 e. The van der Waals surface area contributed by atoms with Crippen LogP contribution in [0.3, 0.4) is 0 Å². The Kier molecular flexibility index (Phi) is 6.48. The molecule has 0 N–H and O–H groups in total. The van der Waals surface area contributed by atoms with E-state index in [1.807, 2.05) is 41.9 Å². The molecule has 0 unspecified atom stereocenters. The number of hydrogen-bond acceptors (Lipinski definition) is 6. The van der Waals surface area contributed by atoms with Gasteiger partial charge in [-0.1, -0.05) is 6.07 Å². The largest absolute Gasteiger partial charge is 0.497 e. The maximum absolute atomic E-state index is 14.3. The summed E-state index contributed by atoms with van der Waals surface area (Å²) in [6.45, 7) is 1.89. The predicted molar refractivity (Wildman–Crippen MR) is 124 cm³/mol. The van der Waals surface area contributed by atoms with E-state index in [0.717, 1.165) is 22.2 Å². The van der Waals surface area contributed by atoms with E-state index >= 15 is 0 Å². The summed E-state index contributed by atoms with van der Waals surface area (Å²) in [4.78, 5) is 5.84. The number of benzene rings is 2. The molecule has 0 aliphatic rings. The van der Waals surface area contributed by atoms with E-state index in [1.54, 1.807) is 36.3 Å². The van der Waals surface area contributed by atoms with Crippen LogP contribution in [0.25, 0.3) is 11.3 Å². The van der Waals surface area contributed by atoms with Crippen molar-refractivity contribution in [2.24, 2.45) is 10.1 Å². The van der Waals surface area contributed by atoms with Crippen molar-refractivity contribution in [3.63, 3.8) is 0 Å². The van der Waals surface area contributed by atoms with Crippen molar-refractivity contribution in [1.82, 2.24) is 4.68 Å². The quantitative estimate of drug-likeness (QED) is 0.320. The van der Waals surface area contributed by atoms with Crippen molar-refractivity contribution < 1.29 is 18.3 Å². The van der Waals surface area contributed by atoms with Gasteiger partial charge in [-0.2, -0.15) is 5.10 Å². The van der Waals surface area contributed by atoms with Crippen LogP contribution < -0.4 is 14.3 Å². The summed E-state index contributed by atoms with van der Waals surface area (Å²) in [5, 5.41) is 8.61. The SMILES string of the molecule is COc1ccc(OC)c(-c2csc(=Nc3ccc(F)cc3F)n2N=C(C)c2cccs2)c1. The van der Waals surface area contributed by atoms with Crippen LogP contribution in [-0.4, -0.2) is 24.6 Å². The number of aromatic nitrogens is 1. The van der Waals surface area contributed by atoms with Crippen molar-refractivity contribution >= 4 is 34.1 Å². The van der Waals surface area contributed by atoms with Gasteiger partial charge in [-0.25, -0.2) is 18.4 Å². The highest BCUT2D eigenvalue weighted by molar-refractivity contribution is 7.12. The molecular weight excluding hydrogens is 452 g/mol. The van der Waals surface area contributed by atoms with E-state index in [1.165, 1.54) is 23.5 Å². The monoisotopic (exact) mass is 471 g/mol. The molecular formula is C23H19F2N3O2S2. The van der Waals surface area contributed by atoms with Crippen LogP contribution in [0, 0.1) is 11.6 Å². The molecule has 0 saturated heterocycles. The van der Waals surface area contributed by atoms with Crippen molar-refractivity contribution in [3.8, 4) is 22.8 Å². The average Bonchev–Trinajstić information content (AvgIpc) is 3.46. The van der Waals surface area contributed by atoms with Crippen molar-refractivity contribution in [2.75, 3.05) is 14.2 Å². The van der Waals surface area contributed by atoms with E-state index in [0.29, 0.717) is 22.0 Å². The normalized spacial score (nSPS) is 12.3. The summed E-state index contributed by atoms with van der Waals surface area (Å²) >= 11 is 2.85. The lowest BCUT2D eigenvalue weighted by atomic mass is 10.1. The van der Waals surface area contributed by atoms with Gasteiger partial charge < -0.3 is 9.47 Å². The van der Waals surface area contributed by atoms with E-state index in [4.69, 9.17) is 14.6 Å². The van der Waals surface area contributed by atoms with E-state index < -0.39 is 11.6 Å². The lowest BCUT2D eigenvalue weighted by molar-refractivity contribution is 0.404. The van der Waals surface area contributed by atoms with Gasteiger partial charge in [0.15, 0.2) is 5.82 Å². The highest BCUT2D eigenvalue weighted by atomic mass is 32.1. The van der Waals surface area contributed by atoms with Gasteiger partial charge in [0.1, 0.15) is 23.0 Å². The average molecular weight is 472 g/mol. The number of halogens is 2. The zero-order chi connectivity index (χ0) is 22.7. The summed E-state index contributed by atoms with van der Waals surface area (Å²) in [6.07, 6.45) is 0. The van der Waals surface area contributed by atoms with Gasteiger partial charge in [-0.15, -0.1) is 22.7 Å². The third kappa shape index (κ3) is 4.49. The fraction of sp³-hybridized carbons (Fsp3) is 0.130. The van der Waals surface area contributed by atoms with Crippen molar-refractivity contribution in [3.05, 3.63) is 80.6 Å². The zero-order valence-electron chi connectivity index (χ0n) is 17.5. The second-order valence-corrected chi connectivity index (χ2v) is 8.44. The van der Waals surface area contributed by atoms with Crippen LogP contribution in [0.15, 0.2) is 69.4 Å². The lowest BCUT2D eigenvalue weighted by Gasteiger charge is -2.11. The summed E-state index contributed by atoms with van der Waals surface area (Å²) in [6, 6.07) is 12.7. The molecule has 32 heavy (non-hydrogen) atoms. The Morgan fingerprint density at radius 1 is 1.00 bits per heavy atom. The van der Waals surface area contributed by atoms with Gasteiger partial charge in [0.05, 0.1) is 30.5 Å². The molecule has 0 aliphatic heterocycles. The predicted octanol–water partition coefficient (Wildman–Crippen LogP) is 6.08. The molecule has 0 atom stereocenters. The first kappa shape index (κ1) is 21.9. The zero-order valence-corrected chi connectivity index (χ0v) is 19.1. The molecule has 0 bridgehead atoms. The standard InChI is InChI=1S/C23H19F2N3O2S2/c1-14(22-5-4-10-31-22)27-28-20(17-12-16(29-2)7-9-21(17)30-3)13-32-23(28)26-19-8-6-15(24)11-18(19)25/h4-13H,1-3H3. The number of rotatable bonds is 6. The van der Waals surface area contributed by atoms with Crippen LogP contribution in [0.5, 0.6) is 11.5 Å². The Labute approximate surface area is 191 Å². The van der Waals surface area contributed by atoms with Crippen LogP contribution in [0.1, 0.15) is 11.8 Å². The second-order valence-electron chi connectivity index (χ2n) is 6.65. The van der Waals surface area contributed by atoms with Gasteiger partial charge >= 0.3 is 0 Å². The molecule has 4 aromatic rings. The summed E-state index contributed by atoms with van der Waals surface area (Å²) in [7, 11) is 3.17. The van der Waals surface area contributed by atoms with E-state index in [2.05, 4.69) is 4.99 Å². The Morgan fingerprint density at radius 2 is 1.84 bits per heavy atom. The van der Waals surface area contributed by atoms with Gasteiger partial charge in [0, 0.05) is 17.0 Å². The lowest BCUT2D eigenvalue weighted by Crippen LogP contribution is -2.14. The van der Waals surface area contributed by atoms with Crippen LogP contribution in [0.4, 0.5) is 14.5 Å². The highest BCUT2D eigenvalue weighted by Gasteiger charge is 2.15. The Bertz CT molecular complexity index is 1340. The number of hydrogen-bond donors (Lipinski definition) is 0. The van der Waals surface area contributed by atoms with Gasteiger partial charge in [-0.3, -0.25) is 0 Å². The van der Waals surface area contributed by atoms with Gasteiger partial charge in [-0.05, 0) is 48.7 Å². The molecule has 2 aromatic carbocycles. The molecule has 5 nitrogen and oxygen atoms in total. The first-order valence-electron chi connectivity index (χ1n) is 9.52. The molecule has 0 radical (unpaired) electrons. The first-order chi connectivity index (χ1) is 15.5. The third-order valence-corrected chi connectivity index (χ3v) is 6.42. The minimum atomic E-state index is -0.746. The Hall–Kier alpha value is -3.30. The number of thiazole rings is 1. The molecule has 0 spiro atoms. The van der Waals surface area contributed by atoms with Gasteiger partial charge in [0.2, 0.25) is 4.80 Å². The Morgan fingerprint density at radius 3 is 2.53 bits per heavy atom. The summed E-state index contributed by atoms with van der Waals surface area (Å²) in [5.74, 6) is -0.125. The van der Waals surface area contributed by atoms with E-state index in [9.17, 15) is 8.78 Å². The van der Waals surface area contributed by atoms with Crippen LogP contribution in [-0.2, 0) is 0 Å². The molecule has 0 amide bonds. The maximum Gasteiger partial charge on any atom is 0.211 e. The second kappa shape index (κ2) is 9.46. The van der Waals surface area contributed by atoms with Crippen molar-refractivity contribution in [1.29, 1.82) is 0 Å². The van der Waals surface area contributed by atoms with Gasteiger partial charge in [0.25, 0.3) is 0 Å². The molecule has 0 aliphatic carbocycles. The molecule has 4 rings (SSSR count). The molecule has 2 aromatic heterocycles. The first-order valence-corrected chi connectivity index (χ1v) is 11.3. The van der Waals surface area contributed by atoms with Crippen LogP contribution in [0.2, 0.25) is 0 Å². The fourth-order valence-electron chi connectivity index (χ4n) is 3.03. The molecule has 2 heterocycles. The number of nitrogens with zero attached hydrogens (tertiary/aromatic N) is 3. The molecule has 0 fully saturated rings. The number of thiophene rings is 1. The number of ether oxygens (including phenoxy) is 2. The highest BCUT2D eigenvalue weighted by Crippen LogP contribution is 2.34. The fourth-order valence-corrected chi connectivity index (χ4v) is 4.54. The van der Waals surface area contributed by atoms with Crippen molar-refractivity contribution in [2.45, 2.75) is 6.92 Å². The molecule has 9 heteroatoms. The topological polar surface area (TPSA) is 48.1 Å². The smallest absolute Gasteiger partial charge is 0.211 e. The minimum absolute atomic E-state index is 0.0233. The summed E-state index contributed by atoms with van der Waals surface area (Å²) in [5.41, 5.74) is 2.23. The maximum atomic E-state index is 14.3. The Balaban J connectivity index is 1.96. The third-order valence-electron chi connectivity index (χ3n) is 4.62. The molecule has 164 valence electrons. The van der Waals surface area contributed by atoms with Crippen LogP contribution >= 0.6 is 22.7 Å².